The first-order chi connectivity index (χ1) is 10.6. The van der Waals surface area contributed by atoms with E-state index in [1.54, 1.807) is 31.6 Å². The Morgan fingerprint density at radius 2 is 2.09 bits per heavy atom. The summed E-state index contributed by atoms with van der Waals surface area (Å²) in [4.78, 5) is 21.7. The van der Waals surface area contributed by atoms with Crippen LogP contribution in [0.3, 0.4) is 0 Å². The maximum atomic E-state index is 11.9. The van der Waals surface area contributed by atoms with E-state index in [2.05, 4.69) is 34.3 Å². The number of nitrogens with one attached hydrogen (secondary N) is 1. The van der Waals surface area contributed by atoms with Crippen molar-refractivity contribution in [1.29, 1.82) is 0 Å². The van der Waals surface area contributed by atoms with E-state index in [4.69, 9.17) is 4.52 Å². The maximum absolute atomic E-state index is 11.9. The van der Waals surface area contributed by atoms with Crippen LogP contribution in [0.2, 0.25) is 0 Å². The van der Waals surface area contributed by atoms with E-state index in [9.17, 15) is 4.79 Å². The summed E-state index contributed by atoms with van der Waals surface area (Å²) in [5.74, 6) is 1.45. The third kappa shape index (κ3) is 4.54. The molecule has 0 spiro atoms. The SMILES string of the molecule is CC(C)CCNC(=O)N(C)Cc1nc(-c2ccncc2)no1. The summed E-state index contributed by atoms with van der Waals surface area (Å²) in [6, 6.07) is 3.46. The molecule has 2 aromatic rings. The van der Waals surface area contributed by atoms with Gasteiger partial charge in [0, 0.05) is 31.5 Å². The number of rotatable bonds is 6. The molecule has 2 aromatic heterocycles. The summed E-state index contributed by atoms with van der Waals surface area (Å²) in [6.07, 6.45) is 4.28. The number of amides is 2. The predicted octanol–water partition coefficient (Wildman–Crippen LogP) is 2.32. The molecule has 22 heavy (non-hydrogen) atoms. The van der Waals surface area contributed by atoms with Crippen molar-refractivity contribution in [3.05, 3.63) is 30.4 Å². The summed E-state index contributed by atoms with van der Waals surface area (Å²) in [7, 11) is 1.70. The van der Waals surface area contributed by atoms with Crippen molar-refractivity contribution in [2.75, 3.05) is 13.6 Å². The largest absolute Gasteiger partial charge is 0.338 e. The van der Waals surface area contributed by atoms with Crippen molar-refractivity contribution in [2.45, 2.75) is 26.8 Å². The van der Waals surface area contributed by atoms with E-state index >= 15 is 0 Å². The highest BCUT2D eigenvalue weighted by atomic mass is 16.5. The number of hydrogen-bond acceptors (Lipinski definition) is 5. The maximum Gasteiger partial charge on any atom is 0.317 e. The number of nitrogens with zero attached hydrogens (tertiary/aromatic N) is 4. The summed E-state index contributed by atoms with van der Waals surface area (Å²) >= 11 is 0. The van der Waals surface area contributed by atoms with Crippen molar-refractivity contribution in [3.8, 4) is 11.4 Å². The summed E-state index contributed by atoms with van der Waals surface area (Å²) < 4.78 is 5.18. The Balaban J connectivity index is 1.88. The molecular weight excluding hydrogens is 282 g/mol. The number of carbonyl (C=O) groups excluding carboxylic acids is 1. The third-order valence-corrected chi connectivity index (χ3v) is 3.12. The van der Waals surface area contributed by atoms with Crippen LogP contribution in [0.4, 0.5) is 4.79 Å². The van der Waals surface area contributed by atoms with Crippen LogP contribution in [0.25, 0.3) is 11.4 Å². The number of hydrogen-bond donors (Lipinski definition) is 1. The molecule has 1 N–H and O–H groups in total. The monoisotopic (exact) mass is 303 g/mol. The van der Waals surface area contributed by atoms with Gasteiger partial charge in [0.1, 0.15) is 6.54 Å². The van der Waals surface area contributed by atoms with E-state index in [1.165, 1.54) is 4.90 Å². The molecule has 0 aromatic carbocycles. The first-order valence-electron chi connectivity index (χ1n) is 7.28. The number of pyridine rings is 1. The Morgan fingerprint density at radius 3 is 2.77 bits per heavy atom. The van der Waals surface area contributed by atoms with Gasteiger partial charge >= 0.3 is 6.03 Å². The third-order valence-electron chi connectivity index (χ3n) is 3.12. The van der Waals surface area contributed by atoms with Crippen molar-refractivity contribution < 1.29 is 9.32 Å². The molecule has 118 valence electrons. The molecule has 2 heterocycles. The van der Waals surface area contributed by atoms with Gasteiger partial charge in [-0.05, 0) is 24.5 Å². The second-order valence-electron chi connectivity index (χ2n) is 5.52. The minimum Gasteiger partial charge on any atom is -0.338 e. The summed E-state index contributed by atoms with van der Waals surface area (Å²) in [5, 5.41) is 6.77. The van der Waals surface area contributed by atoms with E-state index in [1.807, 2.05) is 0 Å². The zero-order chi connectivity index (χ0) is 15.9. The van der Waals surface area contributed by atoms with Crippen LogP contribution in [0.15, 0.2) is 29.0 Å². The molecule has 0 saturated carbocycles. The molecular formula is C15H21N5O2. The fourth-order valence-electron chi connectivity index (χ4n) is 1.81. The van der Waals surface area contributed by atoms with Gasteiger partial charge in [0.25, 0.3) is 0 Å². The average molecular weight is 303 g/mol. The second kappa shape index (κ2) is 7.53. The predicted molar refractivity (Wildman–Crippen MR) is 81.8 cm³/mol. The van der Waals surface area contributed by atoms with Gasteiger partial charge in [-0.25, -0.2) is 4.79 Å². The van der Waals surface area contributed by atoms with Crippen LogP contribution in [0.5, 0.6) is 0 Å². The number of urea groups is 1. The van der Waals surface area contributed by atoms with Crippen LogP contribution in [-0.4, -0.2) is 39.6 Å². The molecule has 7 heteroatoms. The molecule has 7 nitrogen and oxygen atoms in total. The van der Waals surface area contributed by atoms with Crippen molar-refractivity contribution in [1.82, 2.24) is 25.3 Å². The lowest BCUT2D eigenvalue weighted by Crippen LogP contribution is -2.37. The Labute approximate surface area is 129 Å². The first kappa shape index (κ1) is 15.9. The van der Waals surface area contributed by atoms with Crippen LogP contribution in [0.1, 0.15) is 26.2 Å². The molecule has 2 amide bonds. The highest BCUT2D eigenvalue weighted by Gasteiger charge is 2.14. The average Bonchev–Trinajstić information content (AvgIpc) is 2.96. The fraction of sp³-hybridized carbons (Fsp3) is 0.467. The minimum atomic E-state index is -0.149. The highest BCUT2D eigenvalue weighted by molar-refractivity contribution is 5.73. The molecule has 0 radical (unpaired) electrons. The van der Waals surface area contributed by atoms with Crippen LogP contribution in [-0.2, 0) is 6.54 Å². The Hall–Kier alpha value is -2.44. The molecule has 0 saturated heterocycles. The van der Waals surface area contributed by atoms with Gasteiger partial charge in [-0.2, -0.15) is 4.98 Å². The molecule has 0 atom stereocenters. The Morgan fingerprint density at radius 1 is 1.36 bits per heavy atom. The molecule has 0 fully saturated rings. The number of carbonyl (C=O) groups is 1. The van der Waals surface area contributed by atoms with E-state index in [0.29, 0.717) is 24.2 Å². The van der Waals surface area contributed by atoms with Gasteiger partial charge in [0.15, 0.2) is 0 Å². The van der Waals surface area contributed by atoms with Crippen LogP contribution >= 0.6 is 0 Å². The van der Waals surface area contributed by atoms with E-state index in [-0.39, 0.29) is 12.6 Å². The second-order valence-corrected chi connectivity index (χ2v) is 5.52. The smallest absolute Gasteiger partial charge is 0.317 e. The zero-order valence-corrected chi connectivity index (χ0v) is 13.1. The van der Waals surface area contributed by atoms with Gasteiger partial charge in [0.05, 0.1) is 0 Å². The lowest BCUT2D eigenvalue weighted by molar-refractivity contribution is 0.199. The fourth-order valence-corrected chi connectivity index (χ4v) is 1.81. The quantitative estimate of drug-likeness (QED) is 0.885. The van der Waals surface area contributed by atoms with Crippen molar-refractivity contribution in [2.24, 2.45) is 5.92 Å². The highest BCUT2D eigenvalue weighted by Crippen LogP contribution is 2.14. The summed E-state index contributed by atoms with van der Waals surface area (Å²) in [6.45, 7) is 5.17. The topological polar surface area (TPSA) is 84.2 Å². The van der Waals surface area contributed by atoms with Gasteiger partial charge in [0.2, 0.25) is 11.7 Å². The normalized spacial score (nSPS) is 10.7. The minimum absolute atomic E-state index is 0.149. The molecule has 0 aliphatic rings. The molecule has 0 aliphatic heterocycles. The lowest BCUT2D eigenvalue weighted by atomic mass is 10.1. The standard InChI is InChI=1S/C15H21N5O2/c1-11(2)4-9-17-15(21)20(3)10-13-18-14(19-22-13)12-5-7-16-8-6-12/h5-8,11H,4,9-10H2,1-3H3,(H,17,21). The molecule has 2 rings (SSSR count). The van der Waals surface area contributed by atoms with E-state index < -0.39 is 0 Å². The van der Waals surface area contributed by atoms with Crippen LogP contribution in [0, 0.1) is 5.92 Å². The van der Waals surface area contributed by atoms with Gasteiger partial charge in [-0.15, -0.1) is 0 Å². The van der Waals surface area contributed by atoms with Crippen LogP contribution < -0.4 is 5.32 Å². The zero-order valence-electron chi connectivity index (χ0n) is 13.1. The van der Waals surface area contributed by atoms with Gasteiger partial charge in [-0.1, -0.05) is 19.0 Å². The Kier molecular flexibility index (Phi) is 5.46. The van der Waals surface area contributed by atoms with Crippen molar-refractivity contribution >= 4 is 6.03 Å². The summed E-state index contributed by atoms with van der Waals surface area (Å²) in [5.41, 5.74) is 0.828. The van der Waals surface area contributed by atoms with E-state index in [0.717, 1.165) is 12.0 Å². The lowest BCUT2D eigenvalue weighted by Gasteiger charge is -2.16. The van der Waals surface area contributed by atoms with Gasteiger partial charge in [-0.3, -0.25) is 4.98 Å². The first-order valence-corrected chi connectivity index (χ1v) is 7.28. The van der Waals surface area contributed by atoms with Gasteiger partial charge < -0.3 is 14.7 Å². The molecule has 0 aliphatic carbocycles. The Bertz CT molecular complexity index is 597. The van der Waals surface area contributed by atoms with Crippen molar-refractivity contribution in [3.63, 3.8) is 0 Å². The number of aromatic nitrogens is 3. The molecule has 0 unspecified atom stereocenters. The molecule has 0 bridgehead atoms.